The number of aromatic nitrogens is 2. The molecule has 9 heteroatoms. The fourth-order valence-corrected chi connectivity index (χ4v) is 3.37. The van der Waals surface area contributed by atoms with E-state index >= 15 is 0 Å². The van der Waals surface area contributed by atoms with Gasteiger partial charge in [-0.25, -0.2) is 18.4 Å². The molecule has 0 bridgehead atoms. The Bertz CT molecular complexity index is 1100. The summed E-state index contributed by atoms with van der Waals surface area (Å²) in [5, 5.41) is 6.18. The van der Waals surface area contributed by atoms with Crippen LogP contribution in [0.25, 0.3) is 0 Å². The molecule has 1 heterocycles. The molecule has 8 nitrogen and oxygen atoms in total. The van der Waals surface area contributed by atoms with Gasteiger partial charge in [0.05, 0.1) is 10.6 Å². The monoisotopic (exact) mass is 397 g/mol. The van der Waals surface area contributed by atoms with E-state index in [1.54, 1.807) is 61.5 Å². The van der Waals surface area contributed by atoms with E-state index in [2.05, 4.69) is 20.6 Å². The zero-order chi connectivity index (χ0) is 20.1. The fraction of sp³-hybridized carbons (Fsp3) is 0.105. The van der Waals surface area contributed by atoms with Crippen molar-refractivity contribution in [1.29, 1.82) is 0 Å². The van der Waals surface area contributed by atoms with Gasteiger partial charge in [0.2, 0.25) is 5.91 Å². The molecule has 0 radical (unpaired) electrons. The average Bonchev–Trinajstić information content (AvgIpc) is 2.69. The number of nitrogens with two attached hydrogens (primary N) is 1. The Balaban J connectivity index is 1.77. The summed E-state index contributed by atoms with van der Waals surface area (Å²) in [4.78, 5) is 19.7. The minimum absolute atomic E-state index is 0.0343. The topological polar surface area (TPSA) is 127 Å². The Hall–Kier alpha value is -3.46. The first kappa shape index (κ1) is 19.3. The van der Waals surface area contributed by atoms with Crippen molar-refractivity contribution in [1.82, 2.24) is 9.97 Å². The molecule has 144 valence electrons. The van der Waals surface area contributed by atoms with Crippen molar-refractivity contribution < 1.29 is 13.2 Å². The van der Waals surface area contributed by atoms with Gasteiger partial charge in [0, 0.05) is 23.0 Å². The molecule has 1 aromatic heterocycles. The van der Waals surface area contributed by atoms with Crippen LogP contribution in [0.2, 0.25) is 0 Å². The molecular formula is C19H19N5O3S. The van der Waals surface area contributed by atoms with Crippen LogP contribution in [0, 0.1) is 0 Å². The van der Waals surface area contributed by atoms with Gasteiger partial charge in [-0.05, 0) is 42.5 Å². The highest BCUT2D eigenvalue weighted by Crippen LogP contribution is 2.22. The number of benzene rings is 2. The lowest BCUT2D eigenvalue weighted by molar-refractivity contribution is 0.100. The second kappa shape index (κ2) is 8.05. The van der Waals surface area contributed by atoms with Crippen LogP contribution in [0.1, 0.15) is 17.3 Å². The van der Waals surface area contributed by atoms with Gasteiger partial charge in [-0.1, -0.05) is 13.0 Å². The predicted molar refractivity (Wildman–Crippen MR) is 108 cm³/mol. The Morgan fingerprint density at radius 1 is 0.964 bits per heavy atom. The van der Waals surface area contributed by atoms with Crippen molar-refractivity contribution in [3.8, 4) is 0 Å². The van der Waals surface area contributed by atoms with E-state index in [4.69, 9.17) is 5.73 Å². The van der Waals surface area contributed by atoms with Crippen LogP contribution >= 0.6 is 0 Å². The summed E-state index contributed by atoms with van der Waals surface area (Å²) >= 11 is 0. The van der Waals surface area contributed by atoms with E-state index in [0.717, 1.165) is 5.69 Å². The largest absolute Gasteiger partial charge is 0.366 e. The van der Waals surface area contributed by atoms with Gasteiger partial charge in [0.15, 0.2) is 9.84 Å². The van der Waals surface area contributed by atoms with Gasteiger partial charge in [0.25, 0.3) is 0 Å². The maximum absolute atomic E-state index is 12.0. The highest BCUT2D eigenvalue weighted by Gasteiger charge is 2.12. The number of carbonyl (C=O) groups is 1. The minimum atomic E-state index is -3.29. The first-order valence-electron chi connectivity index (χ1n) is 8.46. The molecule has 1 amide bonds. The van der Waals surface area contributed by atoms with Crippen LogP contribution in [0.5, 0.6) is 0 Å². The van der Waals surface area contributed by atoms with E-state index in [1.165, 1.54) is 6.33 Å². The number of sulfone groups is 1. The standard InChI is InChI=1S/C19H19N5O3S/c1-2-28(26,27)16-5-3-4-15(10-16)24-18-11-17(21-12-22-18)23-14-8-6-13(7-9-14)19(20)25/h3-12H,2H2,1H3,(H2,20,25)(H2,21,22,23,24). The number of nitrogens with zero attached hydrogens (tertiary/aromatic N) is 2. The maximum Gasteiger partial charge on any atom is 0.248 e. The third kappa shape index (κ3) is 4.63. The number of carbonyl (C=O) groups excluding carboxylic acids is 1. The Morgan fingerprint density at radius 2 is 1.61 bits per heavy atom. The van der Waals surface area contributed by atoms with Gasteiger partial charge in [0.1, 0.15) is 18.0 Å². The van der Waals surface area contributed by atoms with E-state index in [1.807, 2.05) is 0 Å². The number of rotatable bonds is 7. The lowest BCUT2D eigenvalue weighted by atomic mass is 10.2. The summed E-state index contributed by atoms with van der Waals surface area (Å²) in [7, 11) is -3.29. The zero-order valence-electron chi connectivity index (χ0n) is 15.1. The Labute approximate surface area is 162 Å². The van der Waals surface area contributed by atoms with E-state index in [9.17, 15) is 13.2 Å². The summed E-state index contributed by atoms with van der Waals surface area (Å²) in [6, 6.07) is 14.9. The molecule has 0 aliphatic heterocycles. The van der Waals surface area contributed by atoms with Gasteiger partial charge >= 0.3 is 0 Å². The smallest absolute Gasteiger partial charge is 0.248 e. The number of primary amides is 1. The van der Waals surface area contributed by atoms with Crippen molar-refractivity contribution >= 4 is 38.8 Å². The van der Waals surface area contributed by atoms with Crippen LogP contribution < -0.4 is 16.4 Å². The van der Waals surface area contributed by atoms with Crippen LogP contribution in [-0.2, 0) is 9.84 Å². The molecule has 0 fully saturated rings. The third-order valence-corrected chi connectivity index (χ3v) is 5.69. The molecule has 3 aromatic rings. The fourth-order valence-electron chi connectivity index (χ4n) is 2.44. The van der Waals surface area contributed by atoms with Crippen LogP contribution in [-0.4, -0.2) is 30.0 Å². The van der Waals surface area contributed by atoms with Gasteiger partial charge < -0.3 is 16.4 Å². The van der Waals surface area contributed by atoms with E-state index in [0.29, 0.717) is 22.9 Å². The van der Waals surface area contributed by atoms with Crippen molar-refractivity contribution in [2.45, 2.75) is 11.8 Å². The normalized spacial score (nSPS) is 11.0. The highest BCUT2D eigenvalue weighted by molar-refractivity contribution is 7.91. The van der Waals surface area contributed by atoms with Crippen molar-refractivity contribution in [3.63, 3.8) is 0 Å². The quantitative estimate of drug-likeness (QED) is 0.559. The summed E-state index contributed by atoms with van der Waals surface area (Å²) in [5.74, 6) is 0.568. The third-order valence-electron chi connectivity index (χ3n) is 3.95. The minimum Gasteiger partial charge on any atom is -0.366 e. The average molecular weight is 397 g/mol. The molecule has 0 atom stereocenters. The molecule has 4 N–H and O–H groups in total. The number of hydrogen-bond donors (Lipinski definition) is 3. The van der Waals surface area contributed by atoms with Gasteiger partial charge in [-0.2, -0.15) is 0 Å². The van der Waals surface area contributed by atoms with Crippen LogP contribution in [0.4, 0.5) is 23.0 Å². The second-order valence-electron chi connectivity index (χ2n) is 5.91. The first-order valence-corrected chi connectivity index (χ1v) is 10.1. The van der Waals surface area contributed by atoms with Crippen LogP contribution in [0.15, 0.2) is 65.8 Å². The molecule has 0 saturated heterocycles. The predicted octanol–water partition coefficient (Wildman–Crippen LogP) is 2.86. The molecule has 28 heavy (non-hydrogen) atoms. The highest BCUT2D eigenvalue weighted by atomic mass is 32.2. The lowest BCUT2D eigenvalue weighted by Gasteiger charge is -2.10. The molecule has 3 rings (SSSR count). The summed E-state index contributed by atoms with van der Waals surface area (Å²) in [5.41, 5.74) is 6.97. The Kier molecular flexibility index (Phi) is 5.55. The zero-order valence-corrected chi connectivity index (χ0v) is 15.9. The molecule has 0 aliphatic carbocycles. The van der Waals surface area contributed by atoms with Crippen LogP contribution in [0.3, 0.4) is 0 Å². The first-order chi connectivity index (χ1) is 13.4. The summed E-state index contributed by atoms with van der Waals surface area (Å²) in [6.45, 7) is 1.60. The molecule has 0 aliphatic rings. The molecule has 0 unspecified atom stereocenters. The summed E-state index contributed by atoms with van der Waals surface area (Å²) < 4.78 is 24.1. The van der Waals surface area contributed by atoms with Crippen molar-refractivity contribution in [2.24, 2.45) is 5.73 Å². The second-order valence-corrected chi connectivity index (χ2v) is 8.19. The number of hydrogen-bond acceptors (Lipinski definition) is 7. The van der Waals surface area contributed by atoms with Crippen molar-refractivity contribution in [2.75, 3.05) is 16.4 Å². The molecule has 0 saturated carbocycles. The Morgan fingerprint density at radius 3 is 2.21 bits per heavy atom. The van der Waals surface area contributed by atoms with E-state index < -0.39 is 15.7 Å². The number of anilines is 4. The maximum atomic E-state index is 12.0. The van der Waals surface area contributed by atoms with Gasteiger partial charge in [-0.3, -0.25) is 4.79 Å². The molecule has 2 aromatic carbocycles. The lowest BCUT2D eigenvalue weighted by Crippen LogP contribution is -2.10. The van der Waals surface area contributed by atoms with Gasteiger partial charge in [-0.15, -0.1) is 0 Å². The van der Waals surface area contributed by atoms with Crippen molar-refractivity contribution in [3.05, 3.63) is 66.5 Å². The molecule has 0 spiro atoms. The van der Waals surface area contributed by atoms with E-state index in [-0.39, 0.29) is 10.6 Å². The number of amides is 1. The SMILES string of the molecule is CCS(=O)(=O)c1cccc(Nc2cc(Nc3ccc(C(N)=O)cc3)ncn2)c1. The molecular weight excluding hydrogens is 378 g/mol. The number of nitrogens with one attached hydrogen (secondary N) is 2. The summed E-state index contributed by atoms with van der Waals surface area (Å²) in [6.07, 6.45) is 1.38.